The van der Waals surface area contributed by atoms with Gasteiger partial charge >= 0.3 is 0 Å². The summed E-state index contributed by atoms with van der Waals surface area (Å²) in [6.45, 7) is 3.73. The first-order valence-corrected chi connectivity index (χ1v) is 3.47. The maximum atomic E-state index is 10.6. The second-order valence-electron chi connectivity index (χ2n) is 2.44. The largest absolute Gasteiger partial charge is 0.369 e. The van der Waals surface area contributed by atoms with Crippen LogP contribution in [0.15, 0.2) is 5.11 Å². The van der Waals surface area contributed by atoms with E-state index >= 15 is 0 Å². The Morgan fingerprint density at radius 3 is 2.64 bits per heavy atom. The number of rotatable bonds is 4. The molecule has 62 valence electrons. The lowest BCUT2D eigenvalue weighted by Crippen LogP contribution is -2.31. The highest BCUT2D eigenvalue weighted by atomic mass is 16.1. The van der Waals surface area contributed by atoms with Gasteiger partial charge in [-0.3, -0.25) is 4.79 Å². The fourth-order valence-electron chi connectivity index (χ4n) is 0.730. The van der Waals surface area contributed by atoms with Crippen LogP contribution < -0.4 is 5.73 Å². The van der Waals surface area contributed by atoms with Crippen LogP contribution >= 0.6 is 0 Å². The molecule has 0 radical (unpaired) electrons. The monoisotopic (exact) mass is 156 g/mol. The molecule has 0 saturated carbocycles. The first-order chi connectivity index (χ1) is 5.13. The van der Waals surface area contributed by atoms with E-state index < -0.39 is 11.9 Å². The molecule has 0 bridgehead atoms. The van der Waals surface area contributed by atoms with Gasteiger partial charge in [0.1, 0.15) is 6.04 Å². The lowest BCUT2D eigenvalue weighted by molar-refractivity contribution is -0.120. The molecule has 0 aromatic heterocycles. The van der Waals surface area contributed by atoms with E-state index in [-0.39, 0.29) is 5.92 Å². The van der Waals surface area contributed by atoms with E-state index in [0.717, 1.165) is 6.42 Å². The zero-order valence-electron chi connectivity index (χ0n) is 6.69. The predicted molar refractivity (Wildman–Crippen MR) is 41.6 cm³/mol. The Bertz CT molecular complexity index is 183. The van der Waals surface area contributed by atoms with Crippen LogP contribution in [0.3, 0.4) is 0 Å². The summed E-state index contributed by atoms with van der Waals surface area (Å²) in [7, 11) is 0. The molecule has 1 unspecified atom stereocenters. The average molecular weight is 156 g/mol. The number of hydrogen-bond donors (Lipinski definition) is 1. The third kappa shape index (κ3) is 2.91. The van der Waals surface area contributed by atoms with Gasteiger partial charge in [-0.15, -0.1) is 0 Å². The summed E-state index contributed by atoms with van der Waals surface area (Å²) < 4.78 is 0. The summed E-state index contributed by atoms with van der Waals surface area (Å²) in [4.78, 5) is 13.2. The molecule has 5 heteroatoms. The van der Waals surface area contributed by atoms with Gasteiger partial charge in [0.05, 0.1) is 0 Å². The van der Waals surface area contributed by atoms with Crippen molar-refractivity contribution in [3.8, 4) is 0 Å². The molecule has 5 nitrogen and oxygen atoms in total. The number of azide groups is 1. The van der Waals surface area contributed by atoms with Gasteiger partial charge in [-0.2, -0.15) is 0 Å². The second-order valence-corrected chi connectivity index (χ2v) is 2.44. The maximum Gasteiger partial charge on any atom is 0.226 e. The predicted octanol–water partition coefficient (Wildman–Crippen LogP) is 1.20. The van der Waals surface area contributed by atoms with E-state index in [0.29, 0.717) is 0 Å². The van der Waals surface area contributed by atoms with Gasteiger partial charge < -0.3 is 5.73 Å². The van der Waals surface area contributed by atoms with E-state index in [2.05, 4.69) is 10.0 Å². The minimum absolute atomic E-state index is 0.0170. The van der Waals surface area contributed by atoms with Crippen molar-refractivity contribution in [2.75, 3.05) is 0 Å². The number of amides is 1. The molecule has 0 aliphatic heterocycles. The van der Waals surface area contributed by atoms with Crippen molar-refractivity contribution in [2.45, 2.75) is 26.3 Å². The summed E-state index contributed by atoms with van der Waals surface area (Å²) in [5.41, 5.74) is 13.1. The highest BCUT2D eigenvalue weighted by Crippen LogP contribution is 2.10. The standard InChI is InChI=1S/C6H12N4O/c1-3-4(2)5(6(7)11)9-10-8/h4-5H,3H2,1-2H3,(H2,7,11)/t4-,5?/m0/s1. The lowest BCUT2D eigenvalue weighted by Gasteiger charge is -2.12. The molecule has 0 saturated heterocycles. The molecule has 0 rings (SSSR count). The normalized spacial score (nSPS) is 14.7. The highest BCUT2D eigenvalue weighted by Gasteiger charge is 2.19. The highest BCUT2D eigenvalue weighted by molar-refractivity contribution is 5.80. The fourth-order valence-corrected chi connectivity index (χ4v) is 0.730. The zero-order chi connectivity index (χ0) is 8.85. The van der Waals surface area contributed by atoms with Crippen LogP contribution in [0.4, 0.5) is 0 Å². The molecule has 0 aromatic rings. The second kappa shape index (κ2) is 4.57. The van der Waals surface area contributed by atoms with Crippen molar-refractivity contribution in [2.24, 2.45) is 16.8 Å². The SMILES string of the molecule is CC[C@H](C)C(N=[N+]=[N-])C(N)=O. The molecule has 0 aliphatic rings. The molecular weight excluding hydrogens is 144 g/mol. The van der Waals surface area contributed by atoms with E-state index in [9.17, 15) is 4.79 Å². The number of nitrogens with zero attached hydrogens (tertiary/aromatic N) is 3. The first kappa shape index (κ1) is 9.78. The minimum Gasteiger partial charge on any atom is -0.369 e. The van der Waals surface area contributed by atoms with Crippen molar-refractivity contribution < 1.29 is 4.79 Å². The van der Waals surface area contributed by atoms with E-state index in [4.69, 9.17) is 11.3 Å². The zero-order valence-corrected chi connectivity index (χ0v) is 6.69. The van der Waals surface area contributed by atoms with Crippen LogP contribution in [0.5, 0.6) is 0 Å². The smallest absolute Gasteiger partial charge is 0.226 e. The number of carbonyl (C=O) groups is 1. The Morgan fingerprint density at radius 1 is 1.82 bits per heavy atom. The Kier molecular flexibility index (Phi) is 4.07. The summed E-state index contributed by atoms with van der Waals surface area (Å²) in [6.07, 6.45) is 0.770. The minimum atomic E-state index is -0.704. The van der Waals surface area contributed by atoms with Crippen molar-refractivity contribution in [3.63, 3.8) is 0 Å². The van der Waals surface area contributed by atoms with E-state index in [1.807, 2.05) is 13.8 Å². The van der Waals surface area contributed by atoms with E-state index in [1.165, 1.54) is 0 Å². The van der Waals surface area contributed by atoms with Crippen LogP contribution in [-0.4, -0.2) is 11.9 Å². The summed E-state index contributed by atoms with van der Waals surface area (Å²) in [5, 5.41) is 3.30. The van der Waals surface area contributed by atoms with Crippen LogP contribution in [-0.2, 0) is 4.79 Å². The molecule has 0 heterocycles. The van der Waals surface area contributed by atoms with Crippen molar-refractivity contribution in [1.29, 1.82) is 0 Å². The summed E-state index contributed by atoms with van der Waals surface area (Å²) in [5.74, 6) is -0.541. The molecule has 0 spiro atoms. The van der Waals surface area contributed by atoms with Gasteiger partial charge in [0.2, 0.25) is 5.91 Å². The quantitative estimate of drug-likeness (QED) is 0.369. The lowest BCUT2D eigenvalue weighted by atomic mass is 10.00. The van der Waals surface area contributed by atoms with Crippen LogP contribution in [0, 0.1) is 5.92 Å². The molecule has 0 fully saturated rings. The van der Waals surface area contributed by atoms with Gasteiger partial charge in [-0.05, 0) is 11.4 Å². The van der Waals surface area contributed by atoms with Crippen molar-refractivity contribution >= 4 is 5.91 Å². The van der Waals surface area contributed by atoms with Crippen LogP contribution in [0.25, 0.3) is 10.4 Å². The molecule has 11 heavy (non-hydrogen) atoms. The first-order valence-electron chi connectivity index (χ1n) is 3.47. The molecule has 2 N–H and O–H groups in total. The van der Waals surface area contributed by atoms with Gasteiger partial charge in [0.15, 0.2) is 0 Å². The van der Waals surface area contributed by atoms with Crippen LogP contribution in [0.1, 0.15) is 20.3 Å². The maximum absolute atomic E-state index is 10.6. The van der Waals surface area contributed by atoms with Gasteiger partial charge in [-0.1, -0.05) is 25.4 Å². The topological polar surface area (TPSA) is 91.8 Å². The number of carbonyl (C=O) groups excluding carboxylic acids is 1. The molecule has 0 aliphatic carbocycles. The average Bonchev–Trinajstić information content (AvgIpc) is 1.98. The van der Waals surface area contributed by atoms with Crippen molar-refractivity contribution in [1.82, 2.24) is 0 Å². The summed E-state index contributed by atoms with van der Waals surface area (Å²) >= 11 is 0. The number of nitrogens with two attached hydrogens (primary N) is 1. The molecule has 0 aromatic carbocycles. The van der Waals surface area contributed by atoms with Gasteiger partial charge in [-0.25, -0.2) is 0 Å². The molecule has 1 amide bonds. The van der Waals surface area contributed by atoms with Crippen LogP contribution in [0.2, 0.25) is 0 Å². The third-order valence-corrected chi connectivity index (χ3v) is 1.65. The molecule has 2 atom stereocenters. The van der Waals surface area contributed by atoms with Crippen molar-refractivity contribution in [3.05, 3.63) is 10.4 Å². The number of primary amides is 1. The Labute approximate surface area is 65.2 Å². The summed E-state index contributed by atoms with van der Waals surface area (Å²) in [6, 6.07) is -0.704. The molecular formula is C6H12N4O. The van der Waals surface area contributed by atoms with E-state index in [1.54, 1.807) is 0 Å². The third-order valence-electron chi connectivity index (χ3n) is 1.65. The Morgan fingerprint density at radius 2 is 2.36 bits per heavy atom. The Balaban J connectivity index is 4.32. The fraction of sp³-hybridized carbons (Fsp3) is 0.833. The Hall–Kier alpha value is -1.22. The van der Waals surface area contributed by atoms with Gasteiger partial charge in [0, 0.05) is 4.91 Å². The number of hydrogen-bond acceptors (Lipinski definition) is 2. The van der Waals surface area contributed by atoms with Gasteiger partial charge in [0.25, 0.3) is 0 Å².